The molecule has 3 nitrogen and oxygen atoms in total. The zero-order chi connectivity index (χ0) is 14.0. The van der Waals surface area contributed by atoms with Crippen LogP contribution in [0.3, 0.4) is 0 Å². The highest BCUT2D eigenvalue weighted by Gasteiger charge is 2.32. The maximum absolute atomic E-state index is 13.4. The molecule has 0 aliphatic carbocycles. The monoisotopic (exact) mass is 426 g/mol. The molecule has 0 bridgehead atoms. The first kappa shape index (κ1) is 21.1. The molecule has 1 aromatic rings. The van der Waals surface area contributed by atoms with E-state index in [-0.39, 0.29) is 40.6 Å². The van der Waals surface area contributed by atoms with E-state index in [1.54, 1.807) is 4.90 Å². The molecule has 122 valence electrons. The lowest BCUT2D eigenvalue weighted by Crippen LogP contribution is -2.46. The van der Waals surface area contributed by atoms with Crippen LogP contribution >= 0.6 is 52.3 Å². The predicted octanol–water partition coefficient (Wildman–Crippen LogP) is 3.86. The van der Waals surface area contributed by atoms with Gasteiger partial charge in [-0.1, -0.05) is 17.7 Å². The number of phenolic OH excluding ortho intramolecular Hbond substituents is 1. The fraction of sp³-hybridized carbons (Fsp3) is 0.500. The van der Waals surface area contributed by atoms with Gasteiger partial charge in [-0.05, 0) is 22.0 Å². The van der Waals surface area contributed by atoms with Crippen LogP contribution in [-0.2, 0) is 0 Å². The molecule has 1 fully saturated rings. The van der Waals surface area contributed by atoms with Gasteiger partial charge in [0, 0.05) is 31.7 Å². The Hall–Kier alpha value is 0.150. The second-order valence-electron chi connectivity index (χ2n) is 4.36. The summed E-state index contributed by atoms with van der Waals surface area (Å²) in [6, 6.07) is 1.86. The summed E-state index contributed by atoms with van der Waals surface area (Å²) in [6.45, 7) is 2.38. The number of alkyl halides is 2. The Bertz CT molecular complexity index is 462. The van der Waals surface area contributed by atoms with Gasteiger partial charge in [0.15, 0.2) is 0 Å². The topological polar surface area (TPSA) is 35.5 Å². The maximum Gasteiger partial charge on any atom is 0.258 e. The number of rotatable bonds is 3. The van der Waals surface area contributed by atoms with E-state index in [9.17, 15) is 13.9 Å². The molecule has 1 atom stereocenters. The molecule has 1 saturated heterocycles. The van der Waals surface area contributed by atoms with Gasteiger partial charge in [-0.2, -0.15) is 0 Å². The van der Waals surface area contributed by atoms with E-state index in [4.69, 9.17) is 11.6 Å². The molecule has 1 aromatic carbocycles. The number of aromatic hydroxyl groups is 1. The SMILES string of the molecule is Cl.Cl.Oc1c([C@H](C(F)F)N2CCNCC2)ccc(Cl)c1Br. The number of nitrogens with zero attached hydrogens (tertiary/aromatic N) is 1. The third kappa shape index (κ3) is 4.81. The smallest absolute Gasteiger partial charge is 0.258 e. The van der Waals surface area contributed by atoms with Crippen molar-refractivity contribution in [3.8, 4) is 5.75 Å². The zero-order valence-electron chi connectivity index (χ0n) is 10.9. The van der Waals surface area contributed by atoms with Gasteiger partial charge < -0.3 is 10.4 Å². The quantitative estimate of drug-likeness (QED) is 0.768. The zero-order valence-corrected chi connectivity index (χ0v) is 14.8. The highest BCUT2D eigenvalue weighted by molar-refractivity contribution is 9.10. The second kappa shape index (κ2) is 9.33. The minimum atomic E-state index is -2.57. The molecule has 1 aliphatic heterocycles. The van der Waals surface area contributed by atoms with Crippen molar-refractivity contribution in [2.45, 2.75) is 12.5 Å². The van der Waals surface area contributed by atoms with Crippen molar-refractivity contribution in [3.63, 3.8) is 0 Å². The molecule has 1 aliphatic rings. The molecule has 9 heteroatoms. The van der Waals surface area contributed by atoms with Crippen molar-refractivity contribution in [1.82, 2.24) is 10.2 Å². The molecule has 21 heavy (non-hydrogen) atoms. The van der Waals surface area contributed by atoms with Gasteiger partial charge in [0.2, 0.25) is 0 Å². The summed E-state index contributed by atoms with van der Waals surface area (Å²) < 4.78 is 27.0. The molecule has 2 N–H and O–H groups in total. The first-order valence-electron chi connectivity index (χ1n) is 5.92. The fourth-order valence-corrected chi connectivity index (χ4v) is 2.76. The summed E-state index contributed by atoms with van der Waals surface area (Å²) in [5.74, 6) is -0.212. The van der Waals surface area contributed by atoms with Crippen molar-refractivity contribution in [3.05, 3.63) is 27.2 Å². The van der Waals surface area contributed by atoms with Crippen LogP contribution in [0.5, 0.6) is 5.75 Å². The molecular weight excluding hydrogens is 412 g/mol. The highest BCUT2D eigenvalue weighted by Crippen LogP contribution is 2.40. The first-order valence-corrected chi connectivity index (χ1v) is 7.09. The van der Waals surface area contributed by atoms with Gasteiger partial charge in [0.05, 0.1) is 9.50 Å². The number of hydrogen-bond donors (Lipinski definition) is 2. The predicted molar refractivity (Wildman–Crippen MR) is 88.5 cm³/mol. The third-order valence-corrected chi connectivity index (χ3v) is 4.55. The molecule has 2 rings (SSSR count). The van der Waals surface area contributed by atoms with Crippen molar-refractivity contribution in [1.29, 1.82) is 0 Å². The number of phenols is 1. The minimum absolute atomic E-state index is 0. The number of benzene rings is 1. The van der Waals surface area contributed by atoms with E-state index >= 15 is 0 Å². The Kier molecular flexibility index (Phi) is 9.39. The average molecular weight is 429 g/mol. The van der Waals surface area contributed by atoms with Gasteiger partial charge in [-0.25, -0.2) is 8.78 Å². The average Bonchev–Trinajstić information content (AvgIpc) is 2.40. The van der Waals surface area contributed by atoms with E-state index in [1.807, 2.05) is 0 Å². The minimum Gasteiger partial charge on any atom is -0.506 e. The molecule has 0 saturated carbocycles. The summed E-state index contributed by atoms with van der Waals surface area (Å²) >= 11 is 8.95. The van der Waals surface area contributed by atoms with Gasteiger partial charge in [0.25, 0.3) is 6.43 Å². The van der Waals surface area contributed by atoms with Crippen LogP contribution in [0.25, 0.3) is 0 Å². The summed E-state index contributed by atoms with van der Waals surface area (Å²) in [5, 5.41) is 13.4. The Balaban J connectivity index is 0.00000200. The Morgan fingerprint density at radius 2 is 1.81 bits per heavy atom. The summed E-state index contributed by atoms with van der Waals surface area (Å²) in [7, 11) is 0. The van der Waals surface area contributed by atoms with Crippen LogP contribution in [-0.4, -0.2) is 42.6 Å². The molecule has 0 aromatic heterocycles. The molecule has 0 radical (unpaired) electrons. The summed E-state index contributed by atoms with van der Waals surface area (Å²) in [4.78, 5) is 1.68. The summed E-state index contributed by atoms with van der Waals surface area (Å²) in [6.07, 6.45) is -2.57. The van der Waals surface area contributed by atoms with Crippen molar-refractivity contribution < 1.29 is 13.9 Å². The lowest BCUT2D eigenvalue weighted by molar-refractivity contribution is 0.0170. The van der Waals surface area contributed by atoms with Gasteiger partial charge in [-0.3, -0.25) is 4.90 Å². The lowest BCUT2D eigenvalue weighted by atomic mass is 10.0. The highest BCUT2D eigenvalue weighted by atomic mass is 79.9. The molecule has 1 heterocycles. The largest absolute Gasteiger partial charge is 0.506 e. The van der Waals surface area contributed by atoms with Crippen molar-refractivity contribution in [2.24, 2.45) is 0 Å². The lowest BCUT2D eigenvalue weighted by Gasteiger charge is -2.35. The van der Waals surface area contributed by atoms with Crippen LogP contribution in [0.2, 0.25) is 5.02 Å². The number of halogens is 6. The van der Waals surface area contributed by atoms with Gasteiger partial charge in [0.1, 0.15) is 11.8 Å². The molecule has 0 spiro atoms. The van der Waals surface area contributed by atoms with Crippen LogP contribution in [0.4, 0.5) is 8.78 Å². The number of piperazine rings is 1. The van der Waals surface area contributed by atoms with Gasteiger partial charge >= 0.3 is 0 Å². The molecule has 0 amide bonds. The van der Waals surface area contributed by atoms with E-state index in [1.165, 1.54) is 12.1 Å². The van der Waals surface area contributed by atoms with Crippen LogP contribution in [0.15, 0.2) is 16.6 Å². The van der Waals surface area contributed by atoms with E-state index in [2.05, 4.69) is 21.2 Å². The third-order valence-electron chi connectivity index (χ3n) is 3.20. The standard InChI is InChI=1S/C12H14BrClF2N2O.2ClH/c13-9-8(14)2-1-7(11(9)19)10(12(15)16)18-5-3-17-4-6-18;;/h1-2,10,12,17,19H,3-6H2;2*1H/t10-;;/m1../s1. The summed E-state index contributed by atoms with van der Waals surface area (Å²) in [5.41, 5.74) is 0.202. The second-order valence-corrected chi connectivity index (χ2v) is 5.56. The Morgan fingerprint density at radius 1 is 1.24 bits per heavy atom. The number of hydrogen-bond acceptors (Lipinski definition) is 3. The molecular formula is C12H16BrCl3F2N2O. The van der Waals surface area contributed by atoms with Crippen LogP contribution < -0.4 is 5.32 Å². The number of nitrogens with one attached hydrogen (secondary N) is 1. The van der Waals surface area contributed by atoms with Gasteiger partial charge in [-0.15, -0.1) is 24.8 Å². The van der Waals surface area contributed by atoms with E-state index in [0.717, 1.165) is 0 Å². The normalized spacial score (nSPS) is 17.0. The van der Waals surface area contributed by atoms with Crippen LogP contribution in [0, 0.1) is 0 Å². The Labute approximate surface area is 148 Å². The van der Waals surface area contributed by atoms with Crippen molar-refractivity contribution >= 4 is 52.3 Å². The molecule has 0 unspecified atom stereocenters. The van der Waals surface area contributed by atoms with Crippen molar-refractivity contribution in [2.75, 3.05) is 26.2 Å². The first-order chi connectivity index (χ1) is 9.02. The van der Waals surface area contributed by atoms with E-state index in [0.29, 0.717) is 31.2 Å². The maximum atomic E-state index is 13.4. The fourth-order valence-electron chi connectivity index (χ4n) is 2.25. The Morgan fingerprint density at radius 3 is 2.33 bits per heavy atom. The van der Waals surface area contributed by atoms with Crippen LogP contribution in [0.1, 0.15) is 11.6 Å². The van der Waals surface area contributed by atoms with E-state index < -0.39 is 12.5 Å².